The molecule has 1 saturated heterocycles. The first-order chi connectivity index (χ1) is 4.20. The van der Waals surface area contributed by atoms with Gasteiger partial charge < -0.3 is 13.3 Å². The van der Waals surface area contributed by atoms with Crippen LogP contribution in [0.1, 0.15) is 15.7 Å². The van der Waals surface area contributed by atoms with Gasteiger partial charge in [0.1, 0.15) is 6.04 Å². The number of carbonyl (C=O) groups excluding carboxylic acids is 1. The first kappa shape index (κ1) is 10.4. The zero-order valence-electron chi connectivity index (χ0n) is 7.46. The van der Waals surface area contributed by atoms with E-state index < -0.39 is 12.0 Å². The summed E-state index contributed by atoms with van der Waals surface area (Å²) in [6.45, 7) is 0. The van der Waals surface area contributed by atoms with Crippen LogP contribution in [0, 0.1) is 0 Å². The van der Waals surface area contributed by atoms with Crippen molar-refractivity contribution in [1.82, 2.24) is 5.32 Å². The molecule has 1 aliphatic rings. The molecule has 1 atom stereocenters. The van der Waals surface area contributed by atoms with Crippen LogP contribution in [0.2, 0.25) is 0 Å². The monoisotopic (exact) mass is 219 g/mol. The first-order valence-corrected chi connectivity index (χ1v) is 2.72. The van der Waals surface area contributed by atoms with Crippen molar-refractivity contribution in [2.45, 2.75) is 18.9 Å². The Morgan fingerprint density at radius 1 is 1.80 bits per heavy atom. The average Bonchev–Trinajstić information content (AvgIpc) is 2.14. The van der Waals surface area contributed by atoms with Gasteiger partial charge in [0.05, 0.1) is 0 Å². The molecule has 1 aliphatic heterocycles. The Morgan fingerprint density at radius 3 is 2.60 bits per heavy atom. The standard InChI is InChI=1S/C5H7NO3.Sr.2H/c7-4-2-1-3(6-4)5(8)9;;;/h3H,1-2H2,(H,6,7)(H,8,9);;;/q;+2;2*-1. The molecule has 0 bridgehead atoms. The Labute approximate surface area is 98.2 Å². The summed E-state index contributed by atoms with van der Waals surface area (Å²) in [6.07, 6.45) is 0.769. The van der Waals surface area contributed by atoms with Gasteiger partial charge in [-0.15, -0.1) is 0 Å². The Bertz CT molecular complexity index is 167. The van der Waals surface area contributed by atoms with E-state index in [4.69, 9.17) is 5.11 Å². The van der Waals surface area contributed by atoms with Crippen LogP contribution in [0.5, 0.6) is 0 Å². The van der Waals surface area contributed by atoms with Gasteiger partial charge in [-0.3, -0.25) is 4.79 Å². The van der Waals surface area contributed by atoms with Gasteiger partial charge in [0.25, 0.3) is 0 Å². The van der Waals surface area contributed by atoms with E-state index in [9.17, 15) is 9.59 Å². The third kappa shape index (κ3) is 2.57. The number of hydrogen-bond acceptors (Lipinski definition) is 2. The van der Waals surface area contributed by atoms with Gasteiger partial charge >= 0.3 is 51.5 Å². The van der Waals surface area contributed by atoms with Crippen molar-refractivity contribution in [2.24, 2.45) is 0 Å². The van der Waals surface area contributed by atoms with Gasteiger partial charge in [-0.05, 0) is 6.42 Å². The van der Waals surface area contributed by atoms with Gasteiger partial charge in [0.2, 0.25) is 5.91 Å². The predicted octanol–water partition coefficient (Wildman–Crippen LogP) is -0.806. The van der Waals surface area contributed by atoms with Crippen LogP contribution in [0.3, 0.4) is 0 Å². The first-order valence-electron chi connectivity index (χ1n) is 2.72. The number of aliphatic carboxylic acids is 1. The quantitative estimate of drug-likeness (QED) is 0.566. The fourth-order valence-corrected chi connectivity index (χ4v) is 0.799. The predicted molar refractivity (Wildman–Crippen MR) is 36.8 cm³/mol. The van der Waals surface area contributed by atoms with Crippen molar-refractivity contribution in [1.29, 1.82) is 0 Å². The summed E-state index contributed by atoms with van der Waals surface area (Å²) in [5.41, 5.74) is 0. The molecule has 1 amide bonds. The van der Waals surface area contributed by atoms with Crippen molar-refractivity contribution in [2.75, 3.05) is 0 Å². The molecule has 10 heavy (non-hydrogen) atoms. The summed E-state index contributed by atoms with van der Waals surface area (Å²) in [4.78, 5) is 20.5. The van der Waals surface area contributed by atoms with Gasteiger partial charge in [-0.2, -0.15) is 0 Å². The maximum atomic E-state index is 10.4. The number of nitrogens with one attached hydrogen (secondary N) is 1. The number of carboxylic acids is 1. The third-order valence-corrected chi connectivity index (χ3v) is 1.29. The molecule has 0 spiro atoms. The molecule has 0 saturated carbocycles. The van der Waals surface area contributed by atoms with Crippen LogP contribution in [-0.2, 0) is 9.59 Å². The molecule has 54 valence electrons. The van der Waals surface area contributed by atoms with Gasteiger partial charge in [0, 0.05) is 6.42 Å². The SMILES string of the molecule is O=C1CCC(C(=O)O)N1.[H-].[H-].[Sr+2]. The van der Waals surface area contributed by atoms with Gasteiger partial charge in [-0.25, -0.2) is 4.79 Å². The van der Waals surface area contributed by atoms with E-state index in [1.54, 1.807) is 0 Å². The van der Waals surface area contributed by atoms with Crippen LogP contribution >= 0.6 is 0 Å². The van der Waals surface area contributed by atoms with Crippen molar-refractivity contribution < 1.29 is 17.5 Å². The molecule has 1 unspecified atom stereocenters. The van der Waals surface area contributed by atoms with E-state index >= 15 is 0 Å². The fraction of sp³-hybridized carbons (Fsp3) is 0.600. The molecule has 4 nitrogen and oxygen atoms in total. The van der Waals surface area contributed by atoms with Crippen molar-refractivity contribution in [3.63, 3.8) is 0 Å². The molecular weight excluding hydrogens is 210 g/mol. The maximum Gasteiger partial charge on any atom is 2.00 e. The number of amides is 1. The second kappa shape index (κ2) is 4.33. The van der Waals surface area contributed by atoms with Crippen LogP contribution in [-0.4, -0.2) is 68.5 Å². The normalized spacial score (nSPS) is 23.2. The zero-order chi connectivity index (χ0) is 6.85. The second-order valence-corrected chi connectivity index (χ2v) is 2.00. The Kier molecular flexibility index (Phi) is 4.51. The summed E-state index contributed by atoms with van der Waals surface area (Å²) >= 11 is 0. The zero-order valence-corrected chi connectivity index (χ0v) is 8.94. The van der Waals surface area contributed by atoms with Crippen LogP contribution < -0.4 is 5.32 Å². The minimum Gasteiger partial charge on any atom is -1.00 e. The minimum absolute atomic E-state index is 0. The van der Waals surface area contributed by atoms with E-state index in [2.05, 4.69) is 5.32 Å². The molecule has 0 aromatic heterocycles. The van der Waals surface area contributed by atoms with Gasteiger partial charge in [0.15, 0.2) is 0 Å². The largest absolute Gasteiger partial charge is 2.00 e. The Balaban J connectivity index is -0.000000270. The molecule has 1 fully saturated rings. The minimum atomic E-state index is -0.944. The second-order valence-electron chi connectivity index (χ2n) is 2.00. The summed E-state index contributed by atoms with van der Waals surface area (Å²) < 4.78 is 0. The van der Waals surface area contributed by atoms with Crippen molar-refractivity contribution in [3.8, 4) is 0 Å². The Morgan fingerprint density at radius 2 is 2.40 bits per heavy atom. The summed E-state index contributed by atoms with van der Waals surface area (Å²) in [7, 11) is 0. The summed E-state index contributed by atoms with van der Waals surface area (Å²) in [6, 6.07) is -0.641. The van der Waals surface area contributed by atoms with E-state index in [0.717, 1.165) is 0 Å². The van der Waals surface area contributed by atoms with E-state index in [1.165, 1.54) is 0 Å². The van der Waals surface area contributed by atoms with Crippen molar-refractivity contribution in [3.05, 3.63) is 0 Å². The van der Waals surface area contributed by atoms with Crippen LogP contribution in [0.15, 0.2) is 0 Å². The van der Waals surface area contributed by atoms with Crippen LogP contribution in [0.4, 0.5) is 0 Å². The molecule has 5 heteroatoms. The van der Waals surface area contributed by atoms with Crippen molar-refractivity contribution >= 4 is 57.4 Å². The maximum absolute atomic E-state index is 10.4. The summed E-state index contributed by atoms with van der Waals surface area (Å²) in [5, 5.41) is 10.6. The molecule has 0 aromatic carbocycles. The van der Waals surface area contributed by atoms with E-state index in [-0.39, 0.29) is 54.2 Å². The summed E-state index contributed by atoms with van der Waals surface area (Å²) in [5.74, 6) is -1.11. The molecule has 0 radical (unpaired) electrons. The molecule has 0 aromatic rings. The number of carboxylic acid groups (broad SMARTS) is 1. The fourth-order valence-electron chi connectivity index (χ4n) is 0.799. The molecule has 2 N–H and O–H groups in total. The topological polar surface area (TPSA) is 66.4 Å². The number of rotatable bonds is 1. The molecule has 0 aliphatic carbocycles. The Hall–Kier alpha value is 0.421. The third-order valence-electron chi connectivity index (χ3n) is 1.29. The van der Waals surface area contributed by atoms with E-state index in [1.807, 2.05) is 0 Å². The number of carbonyl (C=O) groups is 2. The van der Waals surface area contributed by atoms with Gasteiger partial charge in [-0.1, -0.05) is 0 Å². The van der Waals surface area contributed by atoms with Crippen LogP contribution in [0.25, 0.3) is 0 Å². The number of hydrogen-bond donors (Lipinski definition) is 2. The van der Waals surface area contributed by atoms with E-state index in [0.29, 0.717) is 12.8 Å². The molecule has 1 heterocycles. The molecular formula is C5H9NO3Sr. The average molecular weight is 219 g/mol. The smallest absolute Gasteiger partial charge is 1.00 e. The molecule has 1 rings (SSSR count).